The van der Waals surface area contributed by atoms with Crippen molar-refractivity contribution in [2.75, 3.05) is 0 Å². The Morgan fingerprint density at radius 2 is 1.86 bits per heavy atom. The van der Waals surface area contributed by atoms with Crippen molar-refractivity contribution in [3.05, 3.63) is 40.7 Å². The van der Waals surface area contributed by atoms with Gasteiger partial charge in [0.25, 0.3) is 0 Å². The Morgan fingerprint density at radius 1 is 1.14 bits per heavy atom. The Labute approximate surface area is 127 Å². The number of nitrogens with zero attached hydrogens (tertiary/aromatic N) is 4. The molecule has 0 fully saturated rings. The molecule has 0 amide bonds. The van der Waals surface area contributed by atoms with E-state index in [1.807, 2.05) is 19.1 Å². The summed E-state index contributed by atoms with van der Waals surface area (Å²) in [6.07, 6.45) is 0. The number of hydrogen-bond donors (Lipinski definition) is 0. The highest BCUT2D eigenvalue weighted by Gasteiger charge is 2.13. The zero-order valence-electron chi connectivity index (χ0n) is 12.6. The second-order valence-electron chi connectivity index (χ2n) is 6.00. The van der Waals surface area contributed by atoms with Gasteiger partial charge in [0.2, 0.25) is 4.96 Å². The van der Waals surface area contributed by atoms with Crippen LogP contribution in [-0.2, 0) is 12.0 Å². The van der Waals surface area contributed by atoms with Crippen molar-refractivity contribution >= 4 is 16.3 Å². The van der Waals surface area contributed by atoms with Crippen LogP contribution < -0.4 is 4.74 Å². The van der Waals surface area contributed by atoms with Gasteiger partial charge in [-0.1, -0.05) is 44.2 Å². The van der Waals surface area contributed by atoms with Crippen LogP contribution in [-0.4, -0.2) is 19.8 Å². The molecule has 110 valence electrons. The van der Waals surface area contributed by atoms with E-state index in [2.05, 4.69) is 48.2 Å². The van der Waals surface area contributed by atoms with E-state index in [1.54, 1.807) is 4.52 Å². The molecule has 0 saturated heterocycles. The van der Waals surface area contributed by atoms with Gasteiger partial charge >= 0.3 is 0 Å². The molecule has 3 aromatic rings. The van der Waals surface area contributed by atoms with E-state index in [-0.39, 0.29) is 5.41 Å². The first kappa shape index (κ1) is 14.0. The van der Waals surface area contributed by atoms with Crippen molar-refractivity contribution in [1.82, 2.24) is 19.8 Å². The first-order chi connectivity index (χ1) is 9.93. The third-order valence-corrected chi connectivity index (χ3v) is 4.14. The zero-order chi connectivity index (χ0) is 15.0. The van der Waals surface area contributed by atoms with Crippen LogP contribution >= 0.6 is 11.3 Å². The fourth-order valence-electron chi connectivity index (χ4n) is 2.01. The van der Waals surface area contributed by atoms with Crippen LogP contribution in [0.4, 0.5) is 0 Å². The van der Waals surface area contributed by atoms with Gasteiger partial charge in [0.05, 0.1) is 0 Å². The van der Waals surface area contributed by atoms with Gasteiger partial charge < -0.3 is 4.74 Å². The summed E-state index contributed by atoms with van der Waals surface area (Å²) < 4.78 is 7.53. The van der Waals surface area contributed by atoms with Gasteiger partial charge in [-0.15, -0.1) is 10.2 Å². The quantitative estimate of drug-likeness (QED) is 0.744. The van der Waals surface area contributed by atoms with Gasteiger partial charge in [0.1, 0.15) is 12.4 Å². The van der Waals surface area contributed by atoms with E-state index in [0.717, 1.165) is 21.5 Å². The highest BCUT2D eigenvalue weighted by molar-refractivity contribution is 7.16. The monoisotopic (exact) mass is 302 g/mol. The Bertz CT molecular complexity index is 752. The summed E-state index contributed by atoms with van der Waals surface area (Å²) in [7, 11) is 0. The number of rotatable bonds is 3. The molecule has 2 heterocycles. The van der Waals surface area contributed by atoms with Crippen molar-refractivity contribution in [2.24, 2.45) is 0 Å². The second kappa shape index (κ2) is 5.11. The third-order valence-electron chi connectivity index (χ3n) is 3.27. The molecule has 21 heavy (non-hydrogen) atoms. The van der Waals surface area contributed by atoms with Gasteiger partial charge in [0.15, 0.2) is 10.8 Å². The summed E-state index contributed by atoms with van der Waals surface area (Å²) in [4.78, 5) is 0.800. The summed E-state index contributed by atoms with van der Waals surface area (Å²) in [5, 5.41) is 13.3. The summed E-state index contributed by atoms with van der Waals surface area (Å²) in [5.41, 5.74) is 1.45. The van der Waals surface area contributed by atoms with Crippen molar-refractivity contribution in [3.8, 4) is 5.75 Å². The molecule has 6 heteroatoms. The maximum Gasteiger partial charge on any atom is 0.234 e. The summed E-state index contributed by atoms with van der Waals surface area (Å²) in [6.45, 7) is 8.93. The average molecular weight is 302 g/mol. The van der Waals surface area contributed by atoms with E-state index >= 15 is 0 Å². The van der Waals surface area contributed by atoms with Gasteiger partial charge in [-0.2, -0.15) is 9.61 Å². The van der Waals surface area contributed by atoms with E-state index in [4.69, 9.17) is 4.74 Å². The normalized spacial score (nSPS) is 12.0. The summed E-state index contributed by atoms with van der Waals surface area (Å²) in [5.74, 6) is 1.65. The average Bonchev–Trinajstić information content (AvgIpc) is 2.98. The molecular formula is C15H18N4OS. The molecule has 0 spiro atoms. The maximum atomic E-state index is 5.78. The lowest BCUT2D eigenvalue weighted by Crippen LogP contribution is -2.10. The first-order valence-corrected chi connectivity index (χ1v) is 7.66. The molecule has 2 aromatic heterocycles. The Morgan fingerprint density at radius 3 is 2.48 bits per heavy atom. The van der Waals surface area contributed by atoms with Crippen LogP contribution in [0.1, 0.15) is 37.2 Å². The van der Waals surface area contributed by atoms with Gasteiger partial charge in [-0.05, 0) is 30.0 Å². The topological polar surface area (TPSA) is 52.3 Å². The lowest BCUT2D eigenvalue weighted by Gasteiger charge is -2.19. The number of hydrogen-bond acceptors (Lipinski definition) is 5. The zero-order valence-corrected chi connectivity index (χ0v) is 13.4. The molecule has 0 aliphatic carbocycles. The number of fused-ring (bicyclic) bond motifs is 1. The Hall–Kier alpha value is -1.95. The first-order valence-electron chi connectivity index (χ1n) is 6.84. The van der Waals surface area contributed by atoms with E-state index in [9.17, 15) is 0 Å². The van der Waals surface area contributed by atoms with Crippen molar-refractivity contribution in [2.45, 2.75) is 39.7 Å². The number of aromatic nitrogens is 4. The lowest BCUT2D eigenvalue weighted by molar-refractivity contribution is 0.304. The lowest BCUT2D eigenvalue weighted by atomic mass is 9.87. The predicted octanol–water partition coefficient (Wildman–Crippen LogP) is 3.37. The fourth-order valence-corrected chi connectivity index (χ4v) is 2.80. The standard InChI is InChI=1S/C15H18N4OS/c1-10-16-17-14-19(10)18-13(21-14)9-20-12-7-5-11(6-8-12)15(2,3)4/h5-8H,9H2,1-4H3. The minimum atomic E-state index is 0.156. The molecule has 0 aliphatic rings. The molecule has 0 unspecified atom stereocenters. The second-order valence-corrected chi connectivity index (χ2v) is 7.04. The summed E-state index contributed by atoms with van der Waals surface area (Å²) in [6, 6.07) is 8.23. The van der Waals surface area contributed by atoms with Crippen LogP contribution in [0.15, 0.2) is 24.3 Å². The minimum Gasteiger partial charge on any atom is -0.486 e. The molecule has 3 rings (SSSR count). The fraction of sp³-hybridized carbons (Fsp3) is 0.400. The van der Waals surface area contributed by atoms with Gasteiger partial charge in [-0.25, -0.2) is 0 Å². The number of aryl methyl sites for hydroxylation is 1. The van der Waals surface area contributed by atoms with Crippen LogP contribution in [0.5, 0.6) is 5.75 Å². The molecule has 0 bridgehead atoms. The molecule has 0 atom stereocenters. The van der Waals surface area contributed by atoms with E-state index in [1.165, 1.54) is 16.9 Å². The number of benzene rings is 1. The predicted molar refractivity (Wildman–Crippen MR) is 82.9 cm³/mol. The van der Waals surface area contributed by atoms with Crippen molar-refractivity contribution in [3.63, 3.8) is 0 Å². The minimum absolute atomic E-state index is 0.156. The molecular weight excluding hydrogens is 284 g/mol. The SMILES string of the molecule is Cc1nnc2sc(COc3ccc(C(C)(C)C)cc3)nn12. The van der Waals surface area contributed by atoms with E-state index < -0.39 is 0 Å². The van der Waals surface area contributed by atoms with Gasteiger partial charge in [0, 0.05) is 0 Å². The highest BCUT2D eigenvalue weighted by Crippen LogP contribution is 2.25. The van der Waals surface area contributed by atoms with Crippen LogP contribution in [0.3, 0.4) is 0 Å². The molecule has 0 radical (unpaired) electrons. The molecule has 0 N–H and O–H groups in total. The molecule has 0 saturated carbocycles. The van der Waals surface area contributed by atoms with Gasteiger partial charge in [-0.3, -0.25) is 0 Å². The van der Waals surface area contributed by atoms with Crippen LogP contribution in [0, 0.1) is 6.92 Å². The summed E-state index contributed by atoms with van der Waals surface area (Å²) >= 11 is 1.50. The molecule has 5 nitrogen and oxygen atoms in total. The molecule has 0 aliphatic heterocycles. The Kier molecular flexibility index (Phi) is 3.41. The van der Waals surface area contributed by atoms with Crippen molar-refractivity contribution < 1.29 is 4.74 Å². The smallest absolute Gasteiger partial charge is 0.234 e. The van der Waals surface area contributed by atoms with Crippen LogP contribution in [0.2, 0.25) is 0 Å². The molecule has 1 aromatic carbocycles. The third kappa shape index (κ3) is 2.90. The highest BCUT2D eigenvalue weighted by atomic mass is 32.1. The van der Waals surface area contributed by atoms with Crippen LogP contribution in [0.25, 0.3) is 4.96 Å². The van der Waals surface area contributed by atoms with E-state index in [0.29, 0.717) is 6.61 Å². The Balaban J connectivity index is 1.69. The maximum absolute atomic E-state index is 5.78. The largest absolute Gasteiger partial charge is 0.486 e. The van der Waals surface area contributed by atoms with Crippen molar-refractivity contribution in [1.29, 1.82) is 0 Å². The number of ether oxygens (including phenoxy) is 1.